The first-order valence-corrected chi connectivity index (χ1v) is 9.19. The summed E-state index contributed by atoms with van der Waals surface area (Å²) in [5.74, 6) is -0.829. The van der Waals surface area contributed by atoms with E-state index in [4.69, 9.17) is 0 Å². The van der Waals surface area contributed by atoms with Crippen molar-refractivity contribution in [3.05, 3.63) is 70.6 Å². The maximum atomic E-state index is 12.9. The Labute approximate surface area is 154 Å². The zero-order chi connectivity index (χ0) is 18.8. The third-order valence-electron chi connectivity index (χ3n) is 4.26. The Morgan fingerprint density at radius 2 is 1.65 bits per heavy atom. The highest BCUT2D eigenvalue weighted by molar-refractivity contribution is 6.11. The minimum atomic E-state index is -1.19. The molecule has 1 aromatic carbocycles. The SMILES string of the molecule is CCCCCCCNC(=O)[C@@H](C(=O)c1ccccc1)n1ccccc1=O. The molecule has 2 rings (SSSR count). The lowest BCUT2D eigenvalue weighted by Crippen LogP contribution is -2.41. The van der Waals surface area contributed by atoms with Gasteiger partial charge in [-0.25, -0.2) is 0 Å². The second-order valence-electron chi connectivity index (χ2n) is 6.28. The molecule has 1 atom stereocenters. The van der Waals surface area contributed by atoms with Crippen molar-refractivity contribution in [2.24, 2.45) is 0 Å². The number of aromatic nitrogens is 1. The summed E-state index contributed by atoms with van der Waals surface area (Å²) in [6, 6.07) is 12.0. The van der Waals surface area contributed by atoms with Gasteiger partial charge in [-0.3, -0.25) is 19.0 Å². The fraction of sp³-hybridized carbons (Fsp3) is 0.381. The van der Waals surface area contributed by atoms with Crippen molar-refractivity contribution in [1.29, 1.82) is 0 Å². The zero-order valence-electron chi connectivity index (χ0n) is 15.2. The van der Waals surface area contributed by atoms with Crippen LogP contribution >= 0.6 is 0 Å². The third-order valence-corrected chi connectivity index (χ3v) is 4.26. The largest absolute Gasteiger partial charge is 0.354 e. The van der Waals surface area contributed by atoms with Gasteiger partial charge < -0.3 is 5.32 Å². The number of unbranched alkanes of at least 4 members (excludes halogenated alkanes) is 4. The second-order valence-corrected chi connectivity index (χ2v) is 6.28. The van der Waals surface area contributed by atoms with Crippen molar-refractivity contribution in [2.45, 2.75) is 45.1 Å². The van der Waals surface area contributed by atoms with E-state index < -0.39 is 11.9 Å². The second kappa shape index (κ2) is 10.3. The van der Waals surface area contributed by atoms with Crippen molar-refractivity contribution >= 4 is 11.7 Å². The van der Waals surface area contributed by atoms with Crippen LogP contribution in [0.2, 0.25) is 0 Å². The number of amides is 1. The fourth-order valence-electron chi connectivity index (χ4n) is 2.82. The lowest BCUT2D eigenvalue weighted by atomic mass is 10.0. The summed E-state index contributed by atoms with van der Waals surface area (Å²) in [5.41, 5.74) is 0.0335. The lowest BCUT2D eigenvalue weighted by molar-refractivity contribution is -0.123. The van der Waals surface area contributed by atoms with Crippen molar-refractivity contribution in [2.75, 3.05) is 6.54 Å². The van der Waals surface area contributed by atoms with E-state index in [9.17, 15) is 14.4 Å². The highest BCUT2D eigenvalue weighted by atomic mass is 16.2. The molecule has 0 saturated heterocycles. The van der Waals surface area contributed by atoms with E-state index >= 15 is 0 Å². The van der Waals surface area contributed by atoms with Gasteiger partial charge in [0.05, 0.1) is 0 Å². The van der Waals surface area contributed by atoms with Gasteiger partial charge in [-0.1, -0.05) is 69.0 Å². The highest BCUT2D eigenvalue weighted by Gasteiger charge is 2.29. The van der Waals surface area contributed by atoms with E-state index in [2.05, 4.69) is 12.2 Å². The first-order valence-electron chi connectivity index (χ1n) is 9.19. The first kappa shape index (κ1) is 19.6. The van der Waals surface area contributed by atoms with E-state index in [0.29, 0.717) is 12.1 Å². The Hall–Kier alpha value is -2.69. The maximum Gasteiger partial charge on any atom is 0.251 e. The number of nitrogens with one attached hydrogen (secondary N) is 1. The van der Waals surface area contributed by atoms with Gasteiger partial charge in [0.1, 0.15) is 0 Å². The summed E-state index contributed by atoms with van der Waals surface area (Å²) in [6.07, 6.45) is 6.86. The van der Waals surface area contributed by atoms with Crippen LogP contribution in [0.15, 0.2) is 59.5 Å². The predicted octanol–water partition coefficient (Wildman–Crippen LogP) is 3.36. The number of carbonyl (C=O) groups excluding carboxylic acids is 2. The molecule has 0 spiro atoms. The predicted molar refractivity (Wildman–Crippen MR) is 102 cm³/mol. The minimum absolute atomic E-state index is 0.375. The molecule has 1 N–H and O–H groups in total. The van der Waals surface area contributed by atoms with E-state index in [1.54, 1.807) is 42.5 Å². The topological polar surface area (TPSA) is 68.2 Å². The molecule has 5 heteroatoms. The molecule has 1 aromatic heterocycles. The molecule has 0 aliphatic rings. The van der Waals surface area contributed by atoms with Gasteiger partial charge in [-0.05, 0) is 12.5 Å². The minimum Gasteiger partial charge on any atom is -0.354 e. The molecule has 0 radical (unpaired) electrons. The van der Waals surface area contributed by atoms with Crippen LogP contribution in [0.4, 0.5) is 0 Å². The Morgan fingerprint density at radius 3 is 2.35 bits per heavy atom. The molecule has 1 heterocycles. The molecule has 0 aliphatic carbocycles. The normalized spacial score (nSPS) is 11.7. The molecule has 1 amide bonds. The fourth-order valence-corrected chi connectivity index (χ4v) is 2.82. The number of ketones is 1. The zero-order valence-corrected chi connectivity index (χ0v) is 15.2. The number of hydrogen-bond donors (Lipinski definition) is 1. The number of nitrogens with zero attached hydrogens (tertiary/aromatic N) is 1. The third kappa shape index (κ3) is 5.41. The highest BCUT2D eigenvalue weighted by Crippen LogP contribution is 2.14. The van der Waals surface area contributed by atoms with E-state index in [0.717, 1.165) is 25.7 Å². The van der Waals surface area contributed by atoms with Gasteiger partial charge in [0.25, 0.3) is 11.5 Å². The molecular formula is C21H26N2O3. The number of hydrogen-bond acceptors (Lipinski definition) is 3. The molecular weight excluding hydrogens is 328 g/mol. The molecule has 5 nitrogen and oxygen atoms in total. The summed E-state index contributed by atoms with van der Waals surface area (Å²) >= 11 is 0. The summed E-state index contributed by atoms with van der Waals surface area (Å²) in [6.45, 7) is 2.65. The standard InChI is InChI=1S/C21H26N2O3/c1-2-3-4-5-10-15-22-21(26)19(23-16-11-9-14-18(23)24)20(25)17-12-7-6-8-13-17/h6-9,11-14,16,19H,2-5,10,15H2,1H3,(H,22,26)/t19-/m1/s1. The van der Waals surface area contributed by atoms with Gasteiger partial charge in [0.15, 0.2) is 11.8 Å². The Balaban J connectivity index is 2.14. The van der Waals surface area contributed by atoms with Crippen molar-refractivity contribution in [3.63, 3.8) is 0 Å². The van der Waals surface area contributed by atoms with Gasteiger partial charge >= 0.3 is 0 Å². The quantitative estimate of drug-likeness (QED) is 0.404. The number of benzene rings is 1. The Kier molecular flexibility index (Phi) is 7.80. The van der Waals surface area contributed by atoms with Crippen LogP contribution in [0, 0.1) is 0 Å². The molecule has 2 aromatic rings. The average molecular weight is 354 g/mol. The first-order chi connectivity index (χ1) is 12.6. The summed E-state index contributed by atoms with van der Waals surface area (Å²) in [4.78, 5) is 37.8. The van der Waals surface area contributed by atoms with Crippen molar-refractivity contribution in [3.8, 4) is 0 Å². The molecule has 0 unspecified atom stereocenters. The Morgan fingerprint density at radius 1 is 0.962 bits per heavy atom. The van der Waals surface area contributed by atoms with Crippen LogP contribution in [0.25, 0.3) is 0 Å². The van der Waals surface area contributed by atoms with E-state index in [-0.39, 0.29) is 11.3 Å². The van der Waals surface area contributed by atoms with Gasteiger partial charge in [0.2, 0.25) is 0 Å². The monoisotopic (exact) mass is 354 g/mol. The summed E-state index contributed by atoms with van der Waals surface area (Å²) in [7, 11) is 0. The summed E-state index contributed by atoms with van der Waals surface area (Å²) < 4.78 is 1.20. The van der Waals surface area contributed by atoms with Crippen LogP contribution in [0.1, 0.15) is 55.4 Å². The van der Waals surface area contributed by atoms with Crippen LogP contribution in [0.5, 0.6) is 0 Å². The van der Waals surface area contributed by atoms with Crippen molar-refractivity contribution in [1.82, 2.24) is 9.88 Å². The molecule has 0 saturated carbocycles. The molecule has 0 fully saturated rings. The number of Topliss-reactive ketones (excluding diaryl/α,β-unsaturated/α-hetero) is 1. The van der Waals surface area contributed by atoms with Gasteiger partial charge in [0, 0.05) is 24.4 Å². The van der Waals surface area contributed by atoms with Gasteiger partial charge in [-0.15, -0.1) is 0 Å². The van der Waals surface area contributed by atoms with E-state index in [1.807, 2.05) is 0 Å². The van der Waals surface area contributed by atoms with E-state index in [1.165, 1.54) is 23.3 Å². The number of carbonyl (C=O) groups is 2. The Bertz CT molecular complexity index is 768. The smallest absolute Gasteiger partial charge is 0.251 e. The number of pyridine rings is 1. The van der Waals surface area contributed by atoms with Crippen LogP contribution in [0.3, 0.4) is 0 Å². The molecule has 0 bridgehead atoms. The molecule has 26 heavy (non-hydrogen) atoms. The average Bonchev–Trinajstić information content (AvgIpc) is 2.67. The summed E-state index contributed by atoms with van der Waals surface area (Å²) in [5, 5.41) is 2.82. The maximum absolute atomic E-state index is 12.9. The molecule has 0 aliphatic heterocycles. The van der Waals surface area contributed by atoms with Crippen LogP contribution in [-0.2, 0) is 4.79 Å². The molecule has 138 valence electrons. The van der Waals surface area contributed by atoms with Crippen LogP contribution in [-0.4, -0.2) is 22.8 Å². The van der Waals surface area contributed by atoms with Crippen LogP contribution < -0.4 is 10.9 Å². The lowest BCUT2D eigenvalue weighted by Gasteiger charge is -2.18. The van der Waals surface area contributed by atoms with Crippen molar-refractivity contribution < 1.29 is 9.59 Å². The number of rotatable bonds is 10. The van der Waals surface area contributed by atoms with Gasteiger partial charge in [-0.2, -0.15) is 0 Å².